The van der Waals surface area contributed by atoms with Gasteiger partial charge in [-0.25, -0.2) is 31.4 Å². The van der Waals surface area contributed by atoms with Crippen molar-refractivity contribution in [1.29, 1.82) is 5.26 Å². The third kappa shape index (κ3) is 6.51. The number of carbonyl (C=O) groups excluding carboxylic acids is 2. The van der Waals surface area contributed by atoms with Crippen molar-refractivity contribution in [3.63, 3.8) is 0 Å². The lowest BCUT2D eigenvalue weighted by atomic mass is 9.96. The average Bonchev–Trinajstić information content (AvgIpc) is 2.82. The Morgan fingerprint density at radius 2 is 1.97 bits per heavy atom. The van der Waals surface area contributed by atoms with Gasteiger partial charge in [-0.2, -0.15) is 5.26 Å². The Hall–Kier alpha value is -3.66. The van der Waals surface area contributed by atoms with Crippen molar-refractivity contribution < 1.29 is 35.9 Å². The van der Waals surface area contributed by atoms with Gasteiger partial charge in [-0.05, 0) is 43.5 Å². The van der Waals surface area contributed by atoms with E-state index in [1.165, 1.54) is 30.0 Å². The van der Waals surface area contributed by atoms with E-state index in [1.807, 2.05) is 10.8 Å². The molecule has 13 heteroatoms. The number of hydrogen-bond donors (Lipinski definition) is 1. The molecule has 0 radical (unpaired) electrons. The number of esters is 1. The van der Waals surface area contributed by atoms with Gasteiger partial charge in [0, 0.05) is 19.0 Å². The molecule has 36 heavy (non-hydrogen) atoms. The smallest absolute Gasteiger partial charge is 0.340 e. The number of anilines is 1. The minimum Gasteiger partial charge on any atom is -0.462 e. The van der Waals surface area contributed by atoms with Gasteiger partial charge < -0.3 is 9.64 Å². The van der Waals surface area contributed by atoms with E-state index in [0.717, 1.165) is 12.1 Å². The zero-order valence-electron chi connectivity index (χ0n) is 19.2. The summed E-state index contributed by atoms with van der Waals surface area (Å²) in [6.45, 7) is 1.73. The third-order valence-corrected chi connectivity index (χ3v) is 6.75. The number of alkyl halides is 2. The SMILES string of the molecule is CCOC(=O)c1cc(C#N)c(N2CCC(C(=O)NS(=O)(=O)Cc3cccc(F)c3)CC2)nc1C(F)F. The van der Waals surface area contributed by atoms with Crippen molar-refractivity contribution in [2.75, 3.05) is 24.6 Å². The molecule has 1 aliphatic heterocycles. The second-order valence-electron chi connectivity index (χ2n) is 8.04. The molecule has 1 aliphatic rings. The Labute approximate surface area is 205 Å². The molecular formula is C23H23F3N4O5S. The molecule has 2 aromatic rings. The molecule has 1 N–H and O–H groups in total. The molecule has 9 nitrogen and oxygen atoms in total. The summed E-state index contributed by atoms with van der Waals surface area (Å²) in [6.07, 6.45) is -2.77. The van der Waals surface area contributed by atoms with Crippen LogP contribution in [-0.2, 0) is 25.3 Å². The van der Waals surface area contributed by atoms with Crippen molar-refractivity contribution in [3.8, 4) is 6.07 Å². The summed E-state index contributed by atoms with van der Waals surface area (Å²) in [5.74, 6) is -3.67. The number of piperidine rings is 1. The summed E-state index contributed by atoms with van der Waals surface area (Å²) in [7, 11) is -4.07. The Kier molecular flexibility index (Phi) is 8.52. The minimum absolute atomic E-state index is 0.0430. The van der Waals surface area contributed by atoms with Gasteiger partial charge in [-0.1, -0.05) is 12.1 Å². The molecule has 1 saturated heterocycles. The first-order valence-electron chi connectivity index (χ1n) is 11.0. The molecule has 1 fully saturated rings. The lowest BCUT2D eigenvalue weighted by Gasteiger charge is -2.33. The molecule has 0 aliphatic carbocycles. The van der Waals surface area contributed by atoms with Crippen molar-refractivity contribution in [2.45, 2.75) is 31.9 Å². The van der Waals surface area contributed by atoms with Gasteiger partial charge in [-0.3, -0.25) is 9.52 Å². The highest BCUT2D eigenvalue weighted by atomic mass is 32.2. The highest BCUT2D eigenvalue weighted by molar-refractivity contribution is 7.89. The average molecular weight is 525 g/mol. The number of nitrogens with one attached hydrogen (secondary N) is 1. The highest BCUT2D eigenvalue weighted by Gasteiger charge is 2.31. The van der Waals surface area contributed by atoms with Gasteiger partial charge in [0.15, 0.2) is 0 Å². The number of aromatic nitrogens is 1. The lowest BCUT2D eigenvalue weighted by Crippen LogP contribution is -2.43. The molecule has 0 spiro atoms. The normalized spacial score (nSPS) is 14.4. The van der Waals surface area contributed by atoms with Crippen molar-refractivity contribution in [1.82, 2.24) is 9.71 Å². The first-order chi connectivity index (χ1) is 17.0. The van der Waals surface area contributed by atoms with Crippen LogP contribution in [0.4, 0.5) is 19.0 Å². The van der Waals surface area contributed by atoms with E-state index in [4.69, 9.17) is 4.74 Å². The number of carbonyl (C=O) groups is 2. The Balaban J connectivity index is 1.70. The summed E-state index contributed by atoms with van der Waals surface area (Å²) in [4.78, 5) is 30.0. The molecule has 0 bridgehead atoms. The number of amides is 1. The second kappa shape index (κ2) is 11.4. The van der Waals surface area contributed by atoms with Crippen molar-refractivity contribution in [2.24, 2.45) is 5.92 Å². The topological polar surface area (TPSA) is 129 Å². The van der Waals surface area contributed by atoms with Crippen LogP contribution in [0.3, 0.4) is 0 Å². The molecule has 3 rings (SSSR count). The number of rotatable bonds is 8. The van der Waals surface area contributed by atoms with Gasteiger partial charge in [0.2, 0.25) is 15.9 Å². The summed E-state index contributed by atoms with van der Waals surface area (Å²) in [5, 5.41) is 9.51. The van der Waals surface area contributed by atoms with Crippen LogP contribution in [0.15, 0.2) is 30.3 Å². The zero-order valence-corrected chi connectivity index (χ0v) is 20.0. The molecule has 0 saturated carbocycles. The van der Waals surface area contributed by atoms with E-state index in [0.29, 0.717) is 0 Å². The Morgan fingerprint density at radius 3 is 2.56 bits per heavy atom. The van der Waals surface area contributed by atoms with Crippen molar-refractivity contribution >= 4 is 27.7 Å². The molecule has 1 amide bonds. The van der Waals surface area contributed by atoms with E-state index in [-0.39, 0.29) is 49.5 Å². The van der Waals surface area contributed by atoms with Crippen LogP contribution < -0.4 is 9.62 Å². The molecular weight excluding hydrogens is 501 g/mol. The molecule has 192 valence electrons. The molecule has 0 unspecified atom stereocenters. The van der Waals surface area contributed by atoms with Crippen molar-refractivity contribution in [3.05, 3.63) is 58.5 Å². The maximum absolute atomic E-state index is 13.6. The minimum atomic E-state index is -4.07. The van der Waals surface area contributed by atoms with Crippen LogP contribution in [-0.4, -0.2) is 45.0 Å². The van der Waals surface area contributed by atoms with Crippen LogP contribution >= 0.6 is 0 Å². The number of benzene rings is 1. The summed E-state index contributed by atoms with van der Waals surface area (Å²) in [6, 6.07) is 7.87. The Morgan fingerprint density at radius 1 is 1.28 bits per heavy atom. The largest absolute Gasteiger partial charge is 0.462 e. The number of ether oxygens (including phenoxy) is 1. The summed E-state index contributed by atoms with van der Waals surface area (Å²) < 4.78 is 72.0. The second-order valence-corrected chi connectivity index (χ2v) is 9.76. The van der Waals surface area contributed by atoms with Crippen LogP contribution in [0.25, 0.3) is 0 Å². The first-order valence-corrected chi connectivity index (χ1v) is 12.6. The number of pyridine rings is 1. The zero-order chi connectivity index (χ0) is 26.5. The first kappa shape index (κ1) is 26.9. The predicted octanol–water partition coefficient (Wildman–Crippen LogP) is 3.07. The molecule has 0 atom stereocenters. The van der Waals surface area contributed by atoms with E-state index < -0.39 is 57.1 Å². The fraction of sp³-hybridized carbons (Fsp3) is 0.391. The van der Waals surface area contributed by atoms with Gasteiger partial charge in [0.1, 0.15) is 23.4 Å². The van der Waals surface area contributed by atoms with Gasteiger partial charge in [0.05, 0.1) is 23.5 Å². The van der Waals surface area contributed by atoms with E-state index in [1.54, 1.807) is 0 Å². The maximum atomic E-state index is 13.6. The maximum Gasteiger partial charge on any atom is 0.340 e. The van der Waals surface area contributed by atoms with E-state index >= 15 is 0 Å². The monoisotopic (exact) mass is 524 g/mol. The Bertz CT molecular complexity index is 1290. The fourth-order valence-electron chi connectivity index (χ4n) is 3.85. The molecule has 1 aromatic carbocycles. The quantitative estimate of drug-likeness (QED) is 0.522. The molecule has 1 aromatic heterocycles. The van der Waals surface area contributed by atoms with Crippen LogP contribution in [0.5, 0.6) is 0 Å². The van der Waals surface area contributed by atoms with Crippen LogP contribution in [0.2, 0.25) is 0 Å². The highest BCUT2D eigenvalue weighted by Crippen LogP contribution is 2.30. The van der Waals surface area contributed by atoms with Crippen LogP contribution in [0, 0.1) is 23.1 Å². The summed E-state index contributed by atoms with van der Waals surface area (Å²) >= 11 is 0. The summed E-state index contributed by atoms with van der Waals surface area (Å²) in [5.41, 5.74) is -1.24. The predicted molar refractivity (Wildman–Crippen MR) is 122 cm³/mol. The van der Waals surface area contributed by atoms with Gasteiger partial charge >= 0.3 is 5.97 Å². The number of nitrogens with zero attached hydrogens (tertiary/aromatic N) is 3. The standard InChI is InChI=1S/C23H23F3N4O5S/c1-2-35-23(32)18-11-16(12-27)21(28-19(18)20(25)26)30-8-6-15(7-9-30)22(31)29-36(33,34)13-14-4-3-5-17(24)10-14/h3-5,10-11,15,20H,2,6-9,13H2,1H3,(H,29,31). The number of hydrogen-bond acceptors (Lipinski definition) is 8. The fourth-order valence-corrected chi connectivity index (χ4v) is 5.02. The van der Waals surface area contributed by atoms with Crippen LogP contribution in [0.1, 0.15) is 53.4 Å². The third-order valence-electron chi connectivity index (χ3n) is 5.52. The van der Waals surface area contributed by atoms with Gasteiger partial charge in [-0.15, -0.1) is 0 Å². The molecule has 2 heterocycles. The number of halogens is 3. The number of nitriles is 1. The van der Waals surface area contributed by atoms with Gasteiger partial charge in [0.25, 0.3) is 6.43 Å². The van der Waals surface area contributed by atoms with E-state index in [9.17, 15) is 36.4 Å². The lowest BCUT2D eigenvalue weighted by molar-refractivity contribution is -0.123. The number of sulfonamides is 1. The van der Waals surface area contributed by atoms with E-state index in [2.05, 4.69) is 4.98 Å².